The molecule has 0 heterocycles. The number of aliphatic hydroxyl groups excluding tert-OH is 2. The fourth-order valence-electron chi connectivity index (χ4n) is 5.13. The summed E-state index contributed by atoms with van der Waals surface area (Å²) in [5.74, 6) is -6.17. The molecule has 6 atom stereocenters. The maximum absolute atomic E-state index is 13.1. The Morgan fingerprint density at radius 2 is 1.37 bits per heavy atom. The normalized spacial score (nSPS) is 14.1. The third-order valence-electron chi connectivity index (χ3n) is 8.28. The predicted molar refractivity (Wildman–Crippen MR) is 195 cm³/mol. The number of hydrogen-bond acceptors (Lipinski definition) is 11. The van der Waals surface area contributed by atoms with Crippen LogP contribution in [0.5, 0.6) is 0 Å². The molecule has 0 aliphatic heterocycles. The molecule has 1 rings (SSSR count). The average molecular weight is 762 g/mol. The van der Waals surface area contributed by atoms with Crippen molar-refractivity contribution in [2.24, 2.45) is 0 Å². The number of Topliss-reactive ketones (excluding diaryl/α,β-unsaturated/α-hetero) is 1. The lowest BCUT2D eigenvalue weighted by Gasteiger charge is -2.30. The van der Waals surface area contributed by atoms with E-state index < -0.39 is 96.6 Å². The second kappa shape index (κ2) is 24.2. The van der Waals surface area contributed by atoms with E-state index in [2.05, 4.69) is 38.8 Å². The Balaban J connectivity index is 2.74. The van der Waals surface area contributed by atoms with Gasteiger partial charge in [-0.2, -0.15) is 0 Å². The van der Waals surface area contributed by atoms with Crippen molar-refractivity contribution in [2.75, 3.05) is 26.7 Å². The highest BCUT2D eigenvalue weighted by Gasteiger charge is 2.34. The number of amides is 7. The van der Waals surface area contributed by atoms with Gasteiger partial charge in [-0.3, -0.25) is 38.4 Å². The average Bonchev–Trinajstić information content (AvgIpc) is 3.12. The van der Waals surface area contributed by atoms with Gasteiger partial charge in [0.15, 0.2) is 0 Å². The van der Waals surface area contributed by atoms with Gasteiger partial charge in [0.25, 0.3) is 5.91 Å². The Morgan fingerprint density at radius 1 is 0.759 bits per heavy atom. The van der Waals surface area contributed by atoms with Crippen molar-refractivity contribution in [2.45, 2.75) is 109 Å². The molecule has 0 aliphatic carbocycles. The van der Waals surface area contributed by atoms with Crippen LogP contribution in [0.1, 0.15) is 82.6 Å². The van der Waals surface area contributed by atoms with Gasteiger partial charge < -0.3 is 51.8 Å². The van der Waals surface area contributed by atoms with Gasteiger partial charge in [0, 0.05) is 19.0 Å². The van der Waals surface area contributed by atoms with Crippen molar-refractivity contribution < 1.29 is 53.4 Å². The lowest BCUT2D eigenvalue weighted by Crippen LogP contribution is -2.59. The summed E-state index contributed by atoms with van der Waals surface area (Å²) in [4.78, 5) is 112. The number of aryl methyl sites for hydroxylation is 1. The van der Waals surface area contributed by atoms with Gasteiger partial charge >= 0.3 is 0 Å². The third kappa shape index (κ3) is 16.2. The number of aldehydes is 1. The molecule has 1 unspecified atom stereocenters. The maximum Gasteiger partial charge on any atom is 0.251 e. The number of nitrogens with zero attached hydrogens (tertiary/aromatic N) is 1. The first kappa shape index (κ1) is 46.8. The van der Waals surface area contributed by atoms with Crippen LogP contribution in [-0.2, 0) is 44.8 Å². The number of ketones is 1. The highest BCUT2D eigenvalue weighted by atomic mass is 16.3. The van der Waals surface area contributed by atoms with Gasteiger partial charge in [0.05, 0.1) is 25.8 Å². The number of rotatable bonds is 24. The summed E-state index contributed by atoms with van der Waals surface area (Å²) in [6.45, 7) is 5.34. The third-order valence-corrected chi connectivity index (χ3v) is 8.28. The van der Waals surface area contributed by atoms with E-state index in [4.69, 9.17) is 0 Å². The Morgan fingerprint density at radius 3 is 1.93 bits per heavy atom. The summed E-state index contributed by atoms with van der Waals surface area (Å²) in [6.07, 6.45) is 3.88. The number of hydrogen-bond donors (Lipinski definition) is 8. The molecule has 1 aromatic carbocycles. The minimum atomic E-state index is -1.54. The number of nitrogens with one attached hydrogen (secondary N) is 6. The fraction of sp³-hybridized carbons (Fsp3) is 0.583. The first-order valence-electron chi connectivity index (χ1n) is 17.8. The van der Waals surface area contributed by atoms with E-state index in [0.29, 0.717) is 6.29 Å². The van der Waals surface area contributed by atoms with Crippen molar-refractivity contribution in [3.8, 4) is 0 Å². The maximum atomic E-state index is 13.1. The predicted octanol–water partition coefficient (Wildman–Crippen LogP) is -1.99. The Kier molecular flexibility index (Phi) is 20.9. The van der Waals surface area contributed by atoms with Crippen LogP contribution in [0.2, 0.25) is 0 Å². The van der Waals surface area contributed by atoms with Gasteiger partial charge in [-0.15, -0.1) is 0 Å². The van der Waals surface area contributed by atoms with Gasteiger partial charge in [0.1, 0.15) is 42.3 Å². The van der Waals surface area contributed by atoms with E-state index in [0.717, 1.165) is 42.6 Å². The van der Waals surface area contributed by atoms with Crippen molar-refractivity contribution in [1.82, 2.24) is 36.8 Å². The van der Waals surface area contributed by atoms with Crippen LogP contribution in [0.25, 0.3) is 0 Å². The zero-order valence-electron chi connectivity index (χ0n) is 31.7. The molecule has 1 aromatic rings. The molecule has 0 fully saturated rings. The molecule has 7 amide bonds. The van der Waals surface area contributed by atoms with Crippen molar-refractivity contribution in [1.29, 1.82) is 0 Å². The summed E-state index contributed by atoms with van der Waals surface area (Å²) < 4.78 is 0. The number of carbonyl (C=O) groups is 9. The molecule has 8 N–H and O–H groups in total. The van der Waals surface area contributed by atoms with Crippen LogP contribution in [-0.4, -0.2) is 132 Å². The van der Waals surface area contributed by atoms with Crippen molar-refractivity contribution in [3.05, 3.63) is 35.4 Å². The van der Waals surface area contributed by atoms with Crippen LogP contribution >= 0.6 is 0 Å². The van der Waals surface area contributed by atoms with Crippen LogP contribution in [0, 0.1) is 0 Å². The number of aliphatic hydroxyl groups is 2. The lowest BCUT2D eigenvalue weighted by atomic mass is 10.0. The van der Waals surface area contributed by atoms with Crippen LogP contribution in [0.3, 0.4) is 0 Å². The van der Waals surface area contributed by atoms with E-state index in [1.165, 1.54) is 34.7 Å². The lowest BCUT2D eigenvalue weighted by molar-refractivity contribution is -0.144. The molecule has 0 saturated heterocycles. The van der Waals surface area contributed by atoms with E-state index in [9.17, 15) is 53.4 Å². The van der Waals surface area contributed by atoms with Crippen LogP contribution < -0.4 is 31.9 Å². The Bertz CT molecular complexity index is 1470. The molecule has 0 spiro atoms. The van der Waals surface area contributed by atoms with Crippen molar-refractivity contribution in [3.63, 3.8) is 0 Å². The number of likely N-dealkylation sites (N-methyl/N-ethyl adjacent to an activating group) is 1. The number of unbranched alkanes of at least 4 members (excludes halogenated alkanes) is 3. The van der Waals surface area contributed by atoms with Crippen LogP contribution in [0.15, 0.2) is 24.3 Å². The summed E-state index contributed by atoms with van der Waals surface area (Å²) >= 11 is 0. The SMILES string of the molecule is CCCCCCc1ccc(C(=O)N[C@H](CO)C(=O)N[C@H](C)C(=O)NCC(=O)N(C)[C@H](C(=O)N[C@@H](C)C(=O)N[C@@H](CC(C)=O)C(=O)NCC=O)C(C)O)cc1. The number of benzene rings is 1. The van der Waals surface area contributed by atoms with Gasteiger partial charge in [-0.1, -0.05) is 38.3 Å². The first-order valence-corrected chi connectivity index (χ1v) is 17.8. The molecule has 0 saturated carbocycles. The minimum absolute atomic E-state index is 0.281. The highest BCUT2D eigenvalue weighted by Crippen LogP contribution is 2.10. The summed E-state index contributed by atoms with van der Waals surface area (Å²) in [6, 6.07) is 0.112. The highest BCUT2D eigenvalue weighted by molar-refractivity contribution is 5.99. The second-order valence-electron chi connectivity index (χ2n) is 13.0. The van der Waals surface area contributed by atoms with Crippen LogP contribution in [0.4, 0.5) is 0 Å². The van der Waals surface area contributed by atoms with Gasteiger partial charge in [-0.05, 0) is 58.2 Å². The topological polar surface area (TPSA) is 270 Å². The largest absolute Gasteiger partial charge is 0.394 e. The number of carbonyl (C=O) groups excluding carboxylic acids is 9. The molecule has 18 heteroatoms. The molecular formula is C36H55N7O11. The second-order valence-corrected chi connectivity index (χ2v) is 13.0. The molecule has 18 nitrogen and oxygen atoms in total. The quantitative estimate of drug-likeness (QED) is 0.0422. The summed E-state index contributed by atoms with van der Waals surface area (Å²) in [5.41, 5.74) is 1.35. The van der Waals surface area contributed by atoms with E-state index in [1.807, 2.05) is 12.1 Å². The molecule has 300 valence electrons. The van der Waals surface area contributed by atoms with E-state index in [1.54, 1.807) is 12.1 Å². The molecule has 0 bridgehead atoms. The van der Waals surface area contributed by atoms with Crippen molar-refractivity contribution >= 4 is 53.4 Å². The molecule has 0 radical (unpaired) electrons. The summed E-state index contributed by atoms with van der Waals surface area (Å²) in [7, 11) is 1.18. The zero-order chi connectivity index (χ0) is 41.0. The molecule has 54 heavy (non-hydrogen) atoms. The molecular weight excluding hydrogens is 706 g/mol. The van der Waals surface area contributed by atoms with E-state index >= 15 is 0 Å². The monoisotopic (exact) mass is 761 g/mol. The molecule has 0 aromatic heterocycles. The van der Waals surface area contributed by atoms with E-state index in [-0.39, 0.29) is 18.5 Å². The summed E-state index contributed by atoms with van der Waals surface area (Å²) in [5, 5.41) is 34.1. The zero-order valence-corrected chi connectivity index (χ0v) is 31.7. The van der Waals surface area contributed by atoms with Gasteiger partial charge in [0.2, 0.25) is 35.4 Å². The Labute approximate surface area is 314 Å². The Hall–Kier alpha value is -5.23. The minimum Gasteiger partial charge on any atom is -0.394 e. The standard InChI is InChI=1S/C36H55N7O11/c1-7-8-9-10-11-25-12-14-26(15-13-25)33(51)42-28(20-45)35(53)39-22(3)31(49)38-19-29(48)43(6)30(24(5)47)36(54)40-23(4)32(50)41-27(18-21(2)46)34(52)37-16-17-44/h12-15,17,22-24,27-28,30,45,47H,7-11,16,18-20H2,1-6H3,(H,37,52)(H,38,49)(H,39,53)(H,40,54)(H,41,50)(H,42,51)/t22-,23+,24?,27+,28-,30+/m1/s1. The van der Waals surface area contributed by atoms with Gasteiger partial charge in [-0.25, -0.2) is 0 Å². The fourth-order valence-corrected chi connectivity index (χ4v) is 5.13. The molecule has 0 aliphatic rings. The smallest absolute Gasteiger partial charge is 0.251 e. The first-order chi connectivity index (χ1) is 25.5.